The Labute approximate surface area is 118 Å². The highest BCUT2D eigenvalue weighted by atomic mass is 16.5. The maximum Gasteiger partial charge on any atom is 0.191 e. The van der Waals surface area contributed by atoms with Crippen LogP contribution >= 0.6 is 0 Å². The Balaban J connectivity index is 4.22. The largest absolute Gasteiger partial charge is 0.377 e. The van der Waals surface area contributed by atoms with Crippen LogP contribution < -0.4 is 10.6 Å². The molecule has 0 radical (unpaired) electrons. The second-order valence-electron chi connectivity index (χ2n) is 6.65. The lowest BCUT2D eigenvalue weighted by molar-refractivity contribution is 0.0268. The molecule has 0 heterocycles. The van der Waals surface area contributed by atoms with Gasteiger partial charge in [0.25, 0.3) is 0 Å². The summed E-state index contributed by atoms with van der Waals surface area (Å²) in [6.45, 7) is 11.2. The van der Waals surface area contributed by atoms with Crippen LogP contribution in [0.2, 0.25) is 0 Å². The summed E-state index contributed by atoms with van der Waals surface area (Å²) >= 11 is 0. The molecule has 114 valence electrons. The van der Waals surface area contributed by atoms with Gasteiger partial charge in [0.1, 0.15) is 0 Å². The van der Waals surface area contributed by atoms with Crippen LogP contribution in [0, 0.1) is 5.41 Å². The zero-order valence-electron chi connectivity index (χ0n) is 13.9. The van der Waals surface area contributed by atoms with E-state index < -0.39 is 0 Å². The van der Waals surface area contributed by atoms with Crippen molar-refractivity contribution in [1.29, 1.82) is 0 Å². The summed E-state index contributed by atoms with van der Waals surface area (Å²) in [6.07, 6.45) is 0. The van der Waals surface area contributed by atoms with E-state index in [-0.39, 0.29) is 11.0 Å². The molecule has 0 aliphatic heterocycles. The lowest BCUT2D eigenvalue weighted by Gasteiger charge is -2.30. The standard InChI is InChI=1S/C14H32N4O/c1-13(2,11-18(6)7)9-16-12(15-5)17-10-14(3,4)19-8/h9-11H2,1-8H3,(H2,15,16,17). The number of hydrogen-bond acceptors (Lipinski definition) is 3. The molecule has 0 aromatic heterocycles. The van der Waals surface area contributed by atoms with Gasteiger partial charge < -0.3 is 20.3 Å². The number of nitrogens with one attached hydrogen (secondary N) is 2. The minimum Gasteiger partial charge on any atom is -0.377 e. The minimum atomic E-state index is -0.198. The first-order valence-corrected chi connectivity index (χ1v) is 6.76. The van der Waals surface area contributed by atoms with Crippen molar-refractivity contribution in [2.45, 2.75) is 33.3 Å². The van der Waals surface area contributed by atoms with E-state index in [2.05, 4.69) is 48.5 Å². The van der Waals surface area contributed by atoms with Crippen LogP contribution in [-0.2, 0) is 4.74 Å². The molecular weight excluding hydrogens is 240 g/mol. The van der Waals surface area contributed by atoms with Crippen molar-refractivity contribution in [3.8, 4) is 0 Å². The maximum atomic E-state index is 5.38. The van der Waals surface area contributed by atoms with E-state index in [1.165, 1.54) is 0 Å². The number of hydrogen-bond donors (Lipinski definition) is 2. The number of guanidine groups is 1. The van der Waals surface area contributed by atoms with Gasteiger partial charge in [-0.3, -0.25) is 4.99 Å². The Morgan fingerprint density at radius 1 is 1.11 bits per heavy atom. The molecule has 19 heavy (non-hydrogen) atoms. The van der Waals surface area contributed by atoms with Crippen molar-refractivity contribution in [2.24, 2.45) is 10.4 Å². The highest BCUT2D eigenvalue weighted by molar-refractivity contribution is 5.79. The molecule has 0 aromatic carbocycles. The number of methoxy groups -OCH3 is 1. The monoisotopic (exact) mass is 272 g/mol. The van der Waals surface area contributed by atoms with Crippen LogP contribution in [0.1, 0.15) is 27.7 Å². The van der Waals surface area contributed by atoms with Crippen LogP contribution in [0.5, 0.6) is 0 Å². The van der Waals surface area contributed by atoms with Crippen molar-refractivity contribution < 1.29 is 4.74 Å². The number of nitrogens with zero attached hydrogens (tertiary/aromatic N) is 2. The molecule has 0 spiro atoms. The third kappa shape index (κ3) is 8.83. The zero-order valence-corrected chi connectivity index (χ0v) is 13.9. The molecule has 0 aromatic rings. The molecule has 0 bridgehead atoms. The van der Waals surface area contributed by atoms with Gasteiger partial charge >= 0.3 is 0 Å². The molecule has 0 aliphatic rings. The molecule has 0 rings (SSSR count). The zero-order chi connectivity index (χ0) is 15.1. The van der Waals surface area contributed by atoms with Crippen molar-refractivity contribution in [3.05, 3.63) is 0 Å². The Morgan fingerprint density at radius 2 is 1.63 bits per heavy atom. The average Bonchev–Trinajstić information content (AvgIpc) is 2.27. The van der Waals surface area contributed by atoms with Gasteiger partial charge in [-0.25, -0.2) is 0 Å². The van der Waals surface area contributed by atoms with E-state index in [0.717, 1.165) is 25.6 Å². The van der Waals surface area contributed by atoms with Gasteiger partial charge in [0.15, 0.2) is 5.96 Å². The average molecular weight is 272 g/mol. The van der Waals surface area contributed by atoms with E-state index in [9.17, 15) is 0 Å². The van der Waals surface area contributed by atoms with Gasteiger partial charge in [-0.05, 0) is 33.4 Å². The fourth-order valence-corrected chi connectivity index (χ4v) is 1.82. The van der Waals surface area contributed by atoms with Gasteiger partial charge in [-0.15, -0.1) is 0 Å². The fraction of sp³-hybridized carbons (Fsp3) is 0.929. The minimum absolute atomic E-state index is 0.192. The normalized spacial score (nSPS) is 13.8. The highest BCUT2D eigenvalue weighted by Crippen LogP contribution is 2.14. The van der Waals surface area contributed by atoms with Crippen molar-refractivity contribution in [2.75, 3.05) is 47.9 Å². The first kappa shape index (κ1) is 18.2. The third-order valence-electron chi connectivity index (χ3n) is 2.94. The summed E-state index contributed by atoms with van der Waals surface area (Å²) in [5, 5.41) is 6.66. The molecule has 0 amide bonds. The summed E-state index contributed by atoms with van der Waals surface area (Å²) in [5.74, 6) is 0.817. The van der Waals surface area contributed by atoms with E-state index in [0.29, 0.717) is 0 Å². The second kappa shape index (κ2) is 7.70. The molecule has 5 heteroatoms. The molecule has 0 unspecified atom stereocenters. The van der Waals surface area contributed by atoms with Gasteiger partial charge in [-0.1, -0.05) is 13.8 Å². The Bertz CT molecular complexity index is 285. The molecular formula is C14H32N4O. The van der Waals surface area contributed by atoms with Crippen molar-refractivity contribution in [3.63, 3.8) is 0 Å². The van der Waals surface area contributed by atoms with Crippen LogP contribution in [0.3, 0.4) is 0 Å². The number of aliphatic imine (C=N–C) groups is 1. The third-order valence-corrected chi connectivity index (χ3v) is 2.94. The van der Waals surface area contributed by atoms with Crippen LogP contribution in [0.25, 0.3) is 0 Å². The molecule has 0 aliphatic carbocycles. The number of rotatable bonds is 7. The smallest absolute Gasteiger partial charge is 0.191 e. The quantitative estimate of drug-likeness (QED) is 0.539. The molecule has 0 atom stereocenters. The van der Waals surface area contributed by atoms with Crippen LogP contribution in [0.15, 0.2) is 4.99 Å². The molecule has 2 N–H and O–H groups in total. The van der Waals surface area contributed by atoms with Gasteiger partial charge in [0, 0.05) is 33.8 Å². The first-order chi connectivity index (χ1) is 8.62. The van der Waals surface area contributed by atoms with Crippen molar-refractivity contribution in [1.82, 2.24) is 15.5 Å². The summed E-state index contributed by atoms with van der Waals surface area (Å²) in [5.41, 5.74) is -0.00529. The molecule has 0 saturated heterocycles. The lowest BCUT2D eigenvalue weighted by Crippen LogP contribution is -2.48. The SMILES string of the molecule is CN=C(NCC(C)(C)CN(C)C)NCC(C)(C)OC. The summed E-state index contributed by atoms with van der Waals surface area (Å²) < 4.78 is 5.38. The second-order valence-corrected chi connectivity index (χ2v) is 6.65. The van der Waals surface area contributed by atoms with Crippen molar-refractivity contribution >= 4 is 5.96 Å². The van der Waals surface area contributed by atoms with Gasteiger partial charge in [-0.2, -0.15) is 0 Å². The Morgan fingerprint density at radius 3 is 2.05 bits per heavy atom. The highest BCUT2D eigenvalue weighted by Gasteiger charge is 2.20. The molecule has 0 saturated carbocycles. The number of ether oxygens (including phenoxy) is 1. The van der Waals surface area contributed by atoms with E-state index >= 15 is 0 Å². The van der Waals surface area contributed by atoms with E-state index in [4.69, 9.17) is 4.74 Å². The fourth-order valence-electron chi connectivity index (χ4n) is 1.82. The van der Waals surface area contributed by atoms with Crippen LogP contribution in [0.4, 0.5) is 0 Å². The predicted molar refractivity (Wildman–Crippen MR) is 82.8 cm³/mol. The van der Waals surface area contributed by atoms with Gasteiger partial charge in [0.05, 0.1) is 5.60 Å². The lowest BCUT2D eigenvalue weighted by atomic mass is 9.93. The Hall–Kier alpha value is -0.810. The summed E-state index contributed by atoms with van der Waals surface area (Å²) in [6, 6.07) is 0. The van der Waals surface area contributed by atoms with E-state index in [1.807, 2.05) is 13.8 Å². The molecule has 5 nitrogen and oxygen atoms in total. The Kier molecular flexibility index (Phi) is 7.37. The van der Waals surface area contributed by atoms with Crippen LogP contribution in [-0.4, -0.2) is 64.3 Å². The summed E-state index contributed by atoms with van der Waals surface area (Å²) in [7, 11) is 7.69. The maximum absolute atomic E-state index is 5.38. The topological polar surface area (TPSA) is 48.9 Å². The van der Waals surface area contributed by atoms with E-state index in [1.54, 1.807) is 14.2 Å². The van der Waals surface area contributed by atoms with Gasteiger partial charge in [0.2, 0.25) is 0 Å². The summed E-state index contributed by atoms with van der Waals surface area (Å²) in [4.78, 5) is 6.43. The molecule has 0 fully saturated rings. The predicted octanol–water partition coefficient (Wildman–Crippen LogP) is 1.16. The first-order valence-electron chi connectivity index (χ1n) is 6.76.